The molecule has 0 aliphatic rings. The highest BCUT2D eigenvalue weighted by Gasteiger charge is 2.35. The summed E-state index contributed by atoms with van der Waals surface area (Å²) in [5.74, 6) is -2.85. The molecule has 0 spiro atoms. The van der Waals surface area contributed by atoms with Crippen LogP contribution in [0, 0.1) is 0 Å². The molecular formula is C9H7F5N2O3. The number of hydrogen-bond donors (Lipinski definition) is 2. The van der Waals surface area contributed by atoms with Crippen molar-refractivity contribution in [3.63, 3.8) is 0 Å². The second-order valence-corrected chi connectivity index (χ2v) is 3.34. The van der Waals surface area contributed by atoms with Gasteiger partial charge < -0.3 is 15.6 Å². The molecule has 106 valence electrons. The second kappa shape index (κ2) is 5.24. The summed E-state index contributed by atoms with van der Waals surface area (Å²) >= 11 is 0. The van der Waals surface area contributed by atoms with E-state index in [1.54, 1.807) is 0 Å². The minimum atomic E-state index is -5.25. The molecule has 0 radical (unpaired) electrons. The fourth-order valence-electron chi connectivity index (χ4n) is 1.26. The van der Waals surface area contributed by atoms with Gasteiger partial charge in [0.25, 0.3) is 6.43 Å². The Morgan fingerprint density at radius 3 is 2.47 bits per heavy atom. The summed E-state index contributed by atoms with van der Waals surface area (Å²) in [6.45, 7) is 0. The Balaban J connectivity index is 3.28. The van der Waals surface area contributed by atoms with Crippen LogP contribution < -0.4 is 10.5 Å². The minimum Gasteiger partial charge on any atom is -0.481 e. The third-order valence-corrected chi connectivity index (χ3v) is 1.87. The Kier molecular flexibility index (Phi) is 4.12. The maximum atomic E-state index is 12.6. The summed E-state index contributed by atoms with van der Waals surface area (Å²) in [6, 6.07) is 0.763. The summed E-state index contributed by atoms with van der Waals surface area (Å²) in [7, 11) is 0. The lowest BCUT2D eigenvalue weighted by molar-refractivity contribution is -0.276. The van der Waals surface area contributed by atoms with Crippen molar-refractivity contribution >= 4 is 11.7 Å². The lowest BCUT2D eigenvalue weighted by Crippen LogP contribution is -2.20. The average molecular weight is 286 g/mol. The first-order valence-electron chi connectivity index (χ1n) is 4.65. The van der Waals surface area contributed by atoms with Gasteiger partial charge in [-0.25, -0.2) is 13.8 Å². The molecule has 10 heteroatoms. The summed E-state index contributed by atoms with van der Waals surface area (Å²) in [5, 5.41) is 8.47. The number of alkyl halides is 5. The van der Waals surface area contributed by atoms with Crippen molar-refractivity contribution in [3.05, 3.63) is 17.3 Å². The Labute approximate surface area is 102 Å². The number of carbonyl (C=O) groups is 1. The highest BCUT2D eigenvalue weighted by molar-refractivity contribution is 5.70. The molecule has 0 aliphatic heterocycles. The molecule has 5 nitrogen and oxygen atoms in total. The Bertz CT molecular complexity index is 489. The van der Waals surface area contributed by atoms with Gasteiger partial charge in [0.2, 0.25) is 5.88 Å². The smallest absolute Gasteiger partial charge is 0.481 e. The van der Waals surface area contributed by atoms with Crippen LogP contribution in [-0.2, 0) is 11.2 Å². The number of anilines is 1. The number of nitrogens with zero attached hydrogens (tertiary/aromatic N) is 1. The SMILES string of the molecule is Nc1cc(CC(=O)O)nc(OC(F)(F)F)c1C(F)F. The Hall–Kier alpha value is -2.13. The number of halogens is 5. The predicted molar refractivity (Wildman–Crippen MR) is 51.6 cm³/mol. The Morgan fingerprint density at radius 2 is 2.05 bits per heavy atom. The van der Waals surface area contributed by atoms with Crippen LogP contribution in [0.25, 0.3) is 0 Å². The van der Waals surface area contributed by atoms with Crippen molar-refractivity contribution < 1.29 is 36.6 Å². The molecule has 1 aromatic heterocycles. The van der Waals surface area contributed by atoms with E-state index in [1.807, 2.05) is 0 Å². The number of nitrogens with two attached hydrogens (primary N) is 1. The molecule has 3 N–H and O–H groups in total. The maximum absolute atomic E-state index is 12.6. The largest absolute Gasteiger partial charge is 0.574 e. The van der Waals surface area contributed by atoms with Crippen LogP contribution in [0.1, 0.15) is 17.7 Å². The predicted octanol–water partition coefficient (Wildman–Crippen LogP) is 2.13. The van der Waals surface area contributed by atoms with Crippen LogP contribution in [0.15, 0.2) is 6.07 Å². The quantitative estimate of drug-likeness (QED) is 0.828. The zero-order valence-electron chi connectivity index (χ0n) is 9.04. The molecule has 0 aliphatic carbocycles. The number of pyridine rings is 1. The molecule has 1 rings (SSSR count). The van der Waals surface area contributed by atoms with Crippen molar-refractivity contribution in [3.8, 4) is 5.88 Å². The van der Waals surface area contributed by atoms with E-state index in [-0.39, 0.29) is 0 Å². The highest BCUT2D eigenvalue weighted by atomic mass is 19.4. The molecule has 19 heavy (non-hydrogen) atoms. The van der Waals surface area contributed by atoms with E-state index in [2.05, 4.69) is 9.72 Å². The maximum Gasteiger partial charge on any atom is 0.574 e. The van der Waals surface area contributed by atoms with E-state index in [1.165, 1.54) is 0 Å². The first kappa shape index (κ1) is 14.9. The summed E-state index contributed by atoms with van der Waals surface area (Å²) in [5.41, 5.74) is 2.78. The van der Waals surface area contributed by atoms with Gasteiger partial charge in [0, 0.05) is 5.69 Å². The number of carboxylic acid groups (broad SMARTS) is 1. The van der Waals surface area contributed by atoms with Crippen LogP contribution >= 0.6 is 0 Å². The van der Waals surface area contributed by atoms with Gasteiger partial charge in [0.1, 0.15) is 5.56 Å². The number of ether oxygens (including phenoxy) is 1. The fraction of sp³-hybridized carbons (Fsp3) is 0.333. The topological polar surface area (TPSA) is 85.4 Å². The first-order chi connectivity index (χ1) is 8.60. The molecular weight excluding hydrogens is 279 g/mol. The standard InChI is InChI=1S/C9H7F5N2O3/c10-7(11)6-4(15)1-3(2-5(17)18)16-8(6)19-9(12,13)14/h1,7H,2H2,(H2,15,16)(H,17,18). The van der Waals surface area contributed by atoms with E-state index in [0.717, 1.165) is 6.07 Å². The van der Waals surface area contributed by atoms with Crippen LogP contribution in [0.5, 0.6) is 5.88 Å². The molecule has 0 saturated carbocycles. The second-order valence-electron chi connectivity index (χ2n) is 3.34. The lowest BCUT2D eigenvalue weighted by Gasteiger charge is -2.14. The first-order valence-corrected chi connectivity index (χ1v) is 4.65. The molecule has 0 saturated heterocycles. The zero-order valence-corrected chi connectivity index (χ0v) is 9.04. The molecule has 0 amide bonds. The van der Waals surface area contributed by atoms with Crippen LogP contribution in [-0.4, -0.2) is 22.4 Å². The van der Waals surface area contributed by atoms with Gasteiger partial charge in [-0.15, -0.1) is 13.2 Å². The molecule has 1 aromatic rings. The highest BCUT2D eigenvalue weighted by Crippen LogP contribution is 2.35. The van der Waals surface area contributed by atoms with Crippen LogP contribution in [0.3, 0.4) is 0 Å². The van der Waals surface area contributed by atoms with Crippen molar-refractivity contribution in [2.24, 2.45) is 0 Å². The van der Waals surface area contributed by atoms with Crippen molar-refractivity contribution in [2.45, 2.75) is 19.2 Å². The van der Waals surface area contributed by atoms with E-state index < -0.39 is 48.0 Å². The number of aromatic nitrogens is 1. The molecule has 0 aromatic carbocycles. The number of hydrogen-bond acceptors (Lipinski definition) is 4. The molecule has 0 bridgehead atoms. The van der Waals surface area contributed by atoms with Crippen molar-refractivity contribution in [1.29, 1.82) is 0 Å². The summed E-state index contributed by atoms with van der Waals surface area (Å²) < 4.78 is 64.6. The van der Waals surface area contributed by atoms with E-state index in [9.17, 15) is 26.7 Å². The van der Waals surface area contributed by atoms with Gasteiger partial charge in [-0.3, -0.25) is 4.79 Å². The normalized spacial score (nSPS) is 11.7. The zero-order chi connectivity index (χ0) is 14.8. The van der Waals surface area contributed by atoms with Gasteiger partial charge in [-0.05, 0) is 6.07 Å². The molecule has 0 unspecified atom stereocenters. The summed E-state index contributed by atoms with van der Waals surface area (Å²) in [4.78, 5) is 13.5. The lowest BCUT2D eigenvalue weighted by atomic mass is 10.2. The monoisotopic (exact) mass is 286 g/mol. The molecule has 0 atom stereocenters. The van der Waals surface area contributed by atoms with E-state index >= 15 is 0 Å². The number of carboxylic acids is 1. The van der Waals surface area contributed by atoms with E-state index in [4.69, 9.17) is 10.8 Å². The number of rotatable bonds is 4. The third-order valence-electron chi connectivity index (χ3n) is 1.87. The number of nitrogen functional groups attached to an aromatic ring is 1. The number of aliphatic carboxylic acids is 1. The Morgan fingerprint density at radius 1 is 1.47 bits per heavy atom. The van der Waals surface area contributed by atoms with Gasteiger partial charge in [0.15, 0.2) is 0 Å². The molecule has 1 heterocycles. The molecule has 0 fully saturated rings. The third kappa shape index (κ3) is 4.23. The van der Waals surface area contributed by atoms with Crippen LogP contribution in [0.4, 0.5) is 27.6 Å². The van der Waals surface area contributed by atoms with Gasteiger partial charge in [-0.1, -0.05) is 0 Å². The van der Waals surface area contributed by atoms with Crippen LogP contribution in [0.2, 0.25) is 0 Å². The minimum absolute atomic E-state index is 0.423. The average Bonchev–Trinajstić information content (AvgIpc) is 2.10. The van der Waals surface area contributed by atoms with Gasteiger partial charge >= 0.3 is 12.3 Å². The summed E-state index contributed by atoms with van der Waals surface area (Å²) in [6.07, 6.45) is -9.36. The van der Waals surface area contributed by atoms with Crippen molar-refractivity contribution in [2.75, 3.05) is 5.73 Å². The van der Waals surface area contributed by atoms with E-state index in [0.29, 0.717) is 0 Å². The van der Waals surface area contributed by atoms with Gasteiger partial charge in [-0.2, -0.15) is 0 Å². The van der Waals surface area contributed by atoms with Gasteiger partial charge in [0.05, 0.1) is 12.1 Å². The van der Waals surface area contributed by atoms with Crippen molar-refractivity contribution in [1.82, 2.24) is 4.98 Å². The fourth-order valence-corrected chi connectivity index (χ4v) is 1.26.